The molecule has 0 N–H and O–H groups in total. The van der Waals surface area contributed by atoms with Gasteiger partial charge < -0.3 is 0 Å². The molecule has 0 aromatic carbocycles. The van der Waals surface area contributed by atoms with Crippen molar-refractivity contribution < 1.29 is 0 Å². The second-order valence-corrected chi connectivity index (χ2v) is 2.92. The number of hydrogen-bond acceptors (Lipinski definition) is 0. The zero-order valence-electron chi connectivity index (χ0n) is 8.14. The minimum atomic E-state index is 1.07. The van der Waals surface area contributed by atoms with Crippen LogP contribution in [0.4, 0.5) is 0 Å². The number of allylic oxidation sites excluding steroid dienone is 6. The second kappa shape index (κ2) is 6.66. The molecule has 0 aliphatic heterocycles. The van der Waals surface area contributed by atoms with Crippen molar-refractivity contribution in [1.29, 1.82) is 0 Å². The molecule has 0 heterocycles. The van der Waals surface area contributed by atoms with E-state index in [9.17, 15) is 0 Å². The summed E-state index contributed by atoms with van der Waals surface area (Å²) in [5.41, 5.74) is 2.58. The molecule has 0 nitrogen and oxygen atoms in total. The normalized spacial score (nSPS) is 12.0. The fraction of sp³-hybridized carbons (Fsp3) is 0.333. The van der Waals surface area contributed by atoms with Crippen molar-refractivity contribution in [1.82, 2.24) is 0 Å². The van der Waals surface area contributed by atoms with Crippen LogP contribution in [0, 0.1) is 0 Å². The van der Waals surface area contributed by atoms with Gasteiger partial charge in [0.15, 0.2) is 0 Å². The summed E-state index contributed by atoms with van der Waals surface area (Å²) >= 11 is 0. The van der Waals surface area contributed by atoms with Crippen LogP contribution in [-0.2, 0) is 0 Å². The van der Waals surface area contributed by atoms with Gasteiger partial charge in [-0.15, -0.1) is 6.58 Å². The summed E-state index contributed by atoms with van der Waals surface area (Å²) in [5, 5.41) is 0. The molecule has 0 aromatic rings. The predicted octanol–water partition coefficient (Wildman–Crippen LogP) is 4.03. The van der Waals surface area contributed by atoms with E-state index < -0.39 is 0 Å². The summed E-state index contributed by atoms with van der Waals surface area (Å²) in [6.45, 7) is 11.6. The monoisotopic (exact) mass is 162 g/mol. The van der Waals surface area contributed by atoms with Gasteiger partial charge in [0.05, 0.1) is 0 Å². The lowest BCUT2D eigenvalue weighted by atomic mass is 10.1. The van der Waals surface area contributed by atoms with Gasteiger partial charge in [-0.3, -0.25) is 0 Å². The molecule has 0 aromatic heterocycles. The Bertz CT molecular complexity index is 204. The summed E-state index contributed by atoms with van der Waals surface area (Å²) in [7, 11) is 0. The van der Waals surface area contributed by atoms with Gasteiger partial charge in [-0.05, 0) is 26.7 Å². The lowest BCUT2D eigenvalue weighted by molar-refractivity contribution is 0.948. The topological polar surface area (TPSA) is 0 Å². The van der Waals surface area contributed by atoms with Crippen molar-refractivity contribution in [3.8, 4) is 0 Å². The molecule has 0 saturated heterocycles. The Labute approximate surface area is 76.0 Å². The molecule has 0 unspecified atom stereocenters. The molecule has 0 atom stereocenters. The maximum atomic E-state index is 3.87. The summed E-state index contributed by atoms with van der Waals surface area (Å²) in [4.78, 5) is 0. The molecule has 0 spiro atoms. The summed E-state index contributed by atoms with van der Waals surface area (Å²) < 4.78 is 0. The van der Waals surface area contributed by atoms with E-state index in [-0.39, 0.29) is 0 Å². The maximum absolute atomic E-state index is 3.87. The highest BCUT2D eigenvalue weighted by molar-refractivity contribution is 5.21. The molecule has 0 fully saturated rings. The van der Waals surface area contributed by atoms with E-state index in [4.69, 9.17) is 0 Å². The van der Waals surface area contributed by atoms with Crippen molar-refractivity contribution in [2.45, 2.75) is 26.7 Å². The minimum Gasteiger partial charge on any atom is -0.100 e. The van der Waals surface area contributed by atoms with Crippen LogP contribution in [0.3, 0.4) is 0 Å². The highest BCUT2D eigenvalue weighted by atomic mass is 14.0. The Morgan fingerprint density at radius 3 is 2.42 bits per heavy atom. The van der Waals surface area contributed by atoms with Gasteiger partial charge in [0.1, 0.15) is 0 Å². The van der Waals surface area contributed by atoms with Gasteiger partial charge in [-0.2, -0.15) is 0 Å². The van der Waals surface area contributed by atoms with E-state index in [0.717, 1.165) is 12.8 Å². The lowest BCUT2D eigenvalue weighted by Crippen LogP contribution is -1.80. The molecule has 0 rings (SSSR count). The largest absolute Gasteiger partial charge is 0.100 e. The predicted molar refractivity (Wildman–Crippen MR) is 57.1 cm³/mol. The summed E-state index contributed by atoms with van der Waals surface area (Å²) in [6, 6.07) is 0. The molecule has 0 aliphatic rings. The van der Waals surface area contributed by atoms with E-state index in [0.29, 0.717) is 0 Å². The van der Waals surface area contributed by atoms with Crippen LogP contribution in [0.15, 0.2) is 48.6 Å². The first kappa shape index (κ1) is 11.0. The van der Waals surface area contributed by atoms with Crippen LogP contribution < -0.4 is 0 Å². The third-order valence-corrected chi connectivity index (χ3v) is 1.66. The highest BCUT2D eigenvalue weighted by Crippen LogP contribution is 2.10. The molecule has 0 amide bonds. The number of hydrogen-bond donors (Lipinski definition) is 0. The first-order chi connectivity index (χ1) is 5.70. The highest BCUT2D eigenvalue weighted by Gasteiger charge is 1.90. The van der Waals surface area contributed by atoms with Gasteiger partial charge >= 0.3 is 0 Å². The second-order valence-electron chi connectivity index (χ2n) is 2.92. The van der Waals surface area contributed by atoms with Crippen LogP contribution in [0.1, 0.15) is 26.7 Å². The maximum Gasteiger partial charge on any atom is -0.0245 e. The Morgan fingerprint density at radius 2 is 2.00 bits per heavy atom. The molecule has 66 valence electrons. The third kappa shape index (κ3) is 5.72. The quantitative estimate of drug-likeness (QED) is 0.423. The molecule has 0 radical (unpaired) electrons. The Balaban J connectivity index is 3.93. The van der Waals surface area contributed by atoms with Crippen molar-refractivity contribution >= 4 is 0 Å². The van der Waals surface area contributed by atoms with Crippen molar-refractivity contribution in [2.75, 3.05) is 0 Å². The van der Waals surface area contributed by atoms with Crippen LogP contribution in [0.2, 0.25) is 0 Å². The van der Waals surface area contributed by atoms with E-state index in [1.54, 1.807) is 6.08 Å². The van der Waals surface area contributed by atoms with E-state index >= 15 is 0 Å². The molecule has 0 heteroatoms. The van der Waals surface area contributed by atoms with Crippen LogP contribution in [0.5, 0.6) is 0 Å². The van der Waals surface area contributed by atoms with Crippen LogP contribution >= 0.6 is 0 Å². The molecular formula is C12H18. The van der Waals surface area contributed by atoms with E-state index in [1.807, 2.05) is 6.08 Å². The molecule has 0 aliphatic carbocycles. The zero-order chi connectivity index (χ0) is 9.40. The zero-order valence-corrected chi connectivity index (χ0v) is 8.14. The summed E-state index contributed by atoms with van der Waals surface area (Å²) in [6.07, 6.45) is 10.1. The minimum absolute atomic E-state index is 1.07. The first-order valence-electron chi connectivity index (χ1n) is 4.29. The van der Waals surface area contributed by atoms with Gasteiger partial charge in [0.2, 0.25) is 0 Å². The third-order valence-electron chi connectivity index (χ3n) is 1.66. The standard InChI is InChI=1S/C12H18/c1-5-7-8-12(6-2)10-9-11(3)4/h5-8H,1,3,9-10H2,2,4H3/b8-7-,12-6+. The van der Waals surface area contributed by atoms with Crippen LogP contribution in [0.25, 0.3) is 0 Å². The summed E-state index contributed by atoms with van der Waals surface area (Å²) in [5.74, 6) is 0. The first-order valence-corrected chi connectivity index (χ1v) is 4.29. The smallest absolute Gasteiger partial charge is 0.0245 e. The fourth-order valence-corrected chi connectivity index (χ4v) is 0.873. The molecular weight excluding hydrogens is 144 g/mol. The lowest BCUT2D eigenvalue weighted by Gasteiger charge is -2.00. The average Bonchev–Trinajstić information content (AvgIpc) is 2.05. The molecule has 0 bridgehead atoms. The Hall–Kier alpha value is -1.04. The Morgan fingerprint density at radius 1 is 1.33 bits per heavy atom. The van der Waals surface area contributed by atoms with E-state index in [1.165, 1.54) is 11.1 Å². The van der Waals surface area contributed by atoms with Crippen molar-refractivity contribution in [3.63, 3.8) is 0 Å². The Kier molecular flexibility index (Phi) is 6.08. The molecule has 0 saturated carbocycles. The van der Waals surface area contributed by atoms with Gasteiger partial charge in [0.25, 0.3) is 0 Å². The van der Waals surface area contributed by atoms with Gasteiger partial charge in [-0.25, -0.2) is 0 Å². The fourth-order valence-electron chi connectivity index (χ4n) is 0.873. The van der Waals surface area contributed by atoms with Crippen molar-refractivity contribution in [2.24, 2.45) is 0 Å². The number of rotatable bonds is 5. The van der Waals surface area contributed by atoms with E-state index in [2.05, 4.69) is 39.2 Å². The van der Waals surface area contributed by atoms with Crippen molar-refractivity contribution in [3.05, 3.63) is 48.6 Å². The molecule has 12 heavy (non-hydrogen) atoms. The van der Waals surface area contributed by atoms with Crippen LogP contribution in [-0.4, -0.2) is 0 Å². The van der Waals surface area contributed by atoms with Gasteiger partial charge in [0, 0.05) is 0 Å². The average molecular weight is 162 g/mol. The SMILES string of the molecule is C=C/C=C\C(=C/C)CCC(=C)C. The van der Waals surface area contributed by atoms with Gasteiger partial charge in [-0.1, -0.05) is 42.0 Å².